The van der Waals surface area contributed by atoms with Gasteiger partial charge in [0.2, 0.25) is 0 Å². The third-order valence-corrected chi connectivity index (χ3v) is 4.39. The van der Waals surface area contributed by atoms with Gasteiger partial charge in [-0.15, -0.1) is 0 Å². The number of alkyl halides is 3. The summed E-state index contributed by atoms with van der Waals surface area (Å²) in [5.41, 5.74) is -0.135. The molecule has 1 atom stereocenters. The third-order valence-electron chi connectivity index (χ3n) is 3.71. The van der Waals surface area contributed by atoms with Gasteiger partial charge in [-0.25, -0.2) is 4.98 Å². The Morgan fingerprint density at radius 3 is 2.78 bits per heavy atom. The van der Waals surface area contributed by atoms with Crippen LogP contribution in [0, 0.1) is 0 Å². The smallest absolute Gasteiger partial charge is 0.354 e. The molecule has 3 rings (SSSR count). The monoisotopic (exact) mass is 341 g/mol. The van der Waals surface area contributed by atoms with Gasteiger partial charge in [-0.3, -0.25) is 4.79 Å². The maximum Gasteiger partial charge on any atom is 0.417 e. The number of rotatable bonds is 3. The molecule has 0 aromatic carbocycles. The van der Waals surface area contributed by atoms with Gasteiger partial charge >= 0.3 is 6.18 Å². The molecule has 0 bridgehead atoms. The highest BCUT2D eigenvalue weighted by Gasteiger charge is 2.31. The summed E-state index contributed by atoms with van der Waals surface area (Å²) in [6.45, 7) is 1.18. The summed E-state index contributed by atoms with van der Waals surface area (Å²) in [6, 6.07) is 4.11. The average Bonchev–Trinajstić information content (AvgIpc) is 3.18. The second-order valence-corrected chi connectivity index (χ2v) is 6.10. The Morgan fingerprint density at radius 1 is 1.35 bits per heavy atom. The summed E-state index contributed by atoms with van der Waals surface area (Å²) < 4.78 is 37.6. The van der Waals surface area contributed by atoms with Crippen molar-refractivity contribution in [2.45, 2.75) is 18.6 Å². The van der Waals surface area contributed by atoms with Crippen LogP contribution >= 0.6 is 11.3 Å². The van der Waals surface area contributed by atoms with Crippen molar-refractivity contribution in [1.82, 2.24) is 10.3 Å². The number of thiophene rings is 1. The van der Waals surface area contributed by atoms with E-state index in [1.807, 2.05) is 10.3 Å². The summed E-state index contributed by atoms with van der Waals surface area (Å²) in [5.74, 6) is 0.365. The first-order chi connectivity index (χ1) is 10.9. The van der Waals surface area contributed by atoms with Crippen LogP contribution in [0.3, 0.4) is 0 Å². The number of amides is 1. The average molecular weight is 341 g/mol. The van der Waals surface area contributed by atoms with Gasteiger partial charge in [0.05, 0.1) is 5.56 Å². The van der Waals surface area contributed by atoms with Crippen LogP contribution in [0.15, 0.2) is 35.2 Å². The first kappa shape index (κ1) is 15.8. The van der Waals surface area contributed by atoms with E-state index >= 15 is 0 Å². The molecule has 1 saturated heterocycles. The third kappa shape index (κ3) is 3.64. The van der Waals surface area contributed by atoms with Gasteiger partial charge in [0.15, 0.2) is 0 Å². The SMILES string of the molecule is O=C(N[C@H]1CCN(c2ccc(C(F)(F)F)cn2)C1)c1ccsc1. The molecule has 4 nitrogen and oxygen atoms in total. The van der Waals surface area contributed by atoms with Crippen molar-refractivity contribution >= 4 is 23.1 Å². The van der Waals surface area contributed by atoms with Gasteiger partial charge in [-0.2, -0.15) is 24.5 Å². The van der Waals surface area contributed by atoms with E-state index in [9.17, 15) is 18.0 Å². The van der Waals surface area contributed by atoms with Crippen LogP contribution in [0.2, 0.25) is 0 Å². The van der Waals surface area contributed by atoms with Crippen molar-refractivity contribution in [3.63, 3.8) is 0 Å². The fraction of sp³-hybridized carbons (Fsp3) is 0.333. The molecule has 2 aromatic heterocycles. The van der Waals surface area contributed by atoms with E-state index < -0.39 is 11.7 Å². The van der Waals surface area contributed by atoms with Crippen LogP contribution < -0.4 is 10.2 Å². The molecule has 0 unspecified atom stereocenters. The lowest BCUT2D eigenvalue weighted by atomic mass is 10.2. The molecule has 0 saturated carbocycles. The Kier molecular flexibility index (Phi) is 4.25. The first-order valence-electron chi connectivity index (χ1n) is 7.05. The lowest BCUT2D eigenvalue weighted by molar-refractivity contribution is -0.137. The quantitative estimate of drug-likeness (QED) is 0.933. The number of aromatic nitrogens is 1. The number of hydrogen-bond acceptors (Lipinski definition) is 4. The van der Waals surface area contributed by atoms with Crippen LogP contribution in [-0.4, -0.2) is 30.0 Å². The van der Waals surface area contributed by atoms with Gasteiger partial charge in [-0.05, 0) is 30.0 Å². The molecule has 0 aliphatic carbocycles. The van der Waals surface area contributed by atoms with Gasteiger partial charge in [0.1, 0.15) is 5.82 Å². The van der Waals surface area contributed by atoms with E-state index in [-0.39, 0.29) is 11.9 Å². The maximum atomic E-state index is 12.5. The van der Waals surface area contributed by atoms with Crippen molar-refractivity contribution in [3.8, 4) is 0 Å². The Hall–Kier alpha value is -2.09. The van der Waals surface area contributed by atoms with Crippen molar-refractivity contribution in [3.05, 3.63) is 46.3 Å². The minimum absolute atomic E-state index is 0.0357. The number of anilines is 1. The zero-order valence-electron chi connectivity index (χ0n) is 12.0. The number of hydrogen-bond donors (Lipinski definition) is 1. The van der Waals surface area contributed by atoms with Crippen LogP contribution in [0.25, 0.3) is 0 Å². The van der Waals surface area contributed by atoms with Crippen LogP contribution in [0.5, 0.6) is 0 Å². The van der Waals surface area contributed by atoms with Crippen molar-refractivity contribution in [2.24, 2.45) is 0 Å². The van der Waals surface area contributed by atoms with Gasteiger partial charge in [0, 0.05) is 36.3 Å². The van der Waals surface area contributed by atoms with E-state index in [4.69, 9.17) is 0 Å². The highest BCUT2D eigenvalue weighted by atomic mass is 32.1. The Morgan fingerprint density at radius 2 is 2.17 bits per heavy atom. The van der Waals surface area contributed by atoms with E-state index in [0.29, 0.717) is 24.5 Å². The molecule has 2 aromatic rings. The number of nitrogens with zero attached hydrogens (tertiary/aromatic N) is 2. The van der Waals surface area contributed by atoms with Crippen molar-refractivity contribution in [1.29, 1.82) is 0 Å². The molecule has 1 fully saturated rings. The lowest BCUT2D eigenvalue weighted by Gasteiger charge is -2.18. The topological polar surface area (TPSA) is 45.2 Å². The summed E-state index contributed by atoms with van der Waals surface area (Å²) in [4.78, 5) is 17.8. The summed E-state index contributed by atoms with van der Waals surface area (Å²) in [7, 11) is 0. The number of halogens is 3. The number of pyridine rings is 1. The fourth-order valence-electron chi connectivity index (χ4n) is 2.49. The predicted octanol–water partition coefficient (Wildman–Crippen LogP) is 3.17. The molecule has 0 radical (unpaired) electrons. The van der Waals surface area contributed by atoms with E-state index in [0.717, 1.165) is 18.7 Å². The zero-order valence-corrected chi connectivity index (χ0v) is 12.8. The van der Waals surface area contributed by atoms with Gasteiger partial charge in [0.25, 0.3) is 5.91 Å². The summed E-state index contributed by atoms with van der Waals surface area (Å²) >= 11 is 1.45. The molecule has 8 heteroatoms. The molecule has 0 spiro atoms. The molecule has 23 heavy (non-hydrogen) atoms. The predicted molar refractivity (Wildman–Crippen MR) is 81.6 cm³/mol. The Balaban J connectivity index is 1.60. The van der Waals surface area contributed by atoms with E-state index in [2.05, 4.69) is 10.3 Å². The van der Waals surface area contributed by atoms with Crippen LogP contribution in [-0.2, 0) is 6.18 Å². The lowest BCUT2D eigenvalue weighted by Crippen LogP contribution is -2.37. The molecule has 3 heterocycles. The molecule has 1 amide bonds. The number of carbonyl (C=O) groups excluding carboxylic acids is 1. The van der Waals surface area contributed by atoms with Crippen molar-refractivity contribution < 1.29 is 18.0 Å². The number of nitrogens with one attached hydrogen (secondary N) is 1. The largest absolute Gasteiger partial charge is 0.417 e. The fourth-order valence-corrected chi connectivity index (χ4v) is 3.13. The zero-order chi connectivity index (χ0) is 16.4. The minimum Gasteiger partial charge on any atom is -0.354 e. The van der Waals surface area contributed by atoms with E-state index in [1.54, 1.807) is 11.4 Å². The van der Waals surface area contributed by atoms with Crippen LogP contribution in [0.4, 0.5) is 19.0 Å². The standard InChI is InChI=1S/C15H14F3N3OS/c16-15(17,18)11-1-2-13(19-7-11)21-5-3-12(8-21)20-14(22)10-4-6-23-9-10/h1-2,4,6-7,9,12H,3,5,8H2,(H,20,22)/t12-/m0/s1. The Bertz CT molecular complexity index is 670. The molecular weight excluding hydrogens is 327 g/mol. The molecular formula is C15H14F3N3OS. The molecule has 122 valence electrons. The Labute approximate surface area is 135 Å². The second-order valence-electron chi connectivity index (χ2n) is 5.32. The highest BCUT2D eigenvalue weighted by molar-refractivity contribution is 7.08. The van der Waals surface area contributed by atoms with Gasteiger partial charge < -0.3 is 10.2 Å². The normalized spacial score (nSPS) is 18.2. The van der Waals surface area contributed by atoms with E-state index in [1.165, 1.54) is 17.4 Å². The second kappa shape index (κ2) is 6.19. The van der Waals surface area contributed by atoms with Crippen molar-refractivity contribution in [2.75, 3.05) is 18.0 Å². The molecule has 1 aliphatic heterocycles. The van der Waals surface area contributed by atoms with Crippen LogP contribution in [0.1, 0.15) is 22.3 Å². The summed E-state index contributed by atoms with van der Waals surface area (Å²) in [5, 5.41) is 6.55. The maximum absolute atomic E-state index is 12.5. The highest BCUT2D eigenvalue weighted by Crippen LogP contribution is 2.29. The first-order valence-corrected chi connectivity index (χ1v) is 7.99. The molecule has 1 aliphatic rings. The summed E-state index contributed by atoms with van der Waals surface area (Å²) in [6.07, 6.45) is -2.81. The van der Waals surface area contributed by atoms with Gasteiger partial charge in [-0.1, -0.05) is 0 Å². The minimum atomic E-state index is -4.38. The number of carbonyl (C=O) groups is 1. The molecule has 1 N–H and O–H groups in total.